The number of fused-ring (bicyclic) bond motifs is 1. The highest BCUT2D eigenvalue weighted by atomic mass is 16.3. The second kappa shape index (κ2) is 3.48. The molecule has 4 heteroatoms. The highest BCUT2D eigenvalue weighted by molar-refractivity contribution is 5.41. The van der Waals surface area contributed by atoms with Crippen LogP contribution in [0.4, 0.5) is 0 Å². The number of hydrogen-bond acceptors (Lipinski definition) is 3. The zero-order chi connectivity index (χ0) is 9.97. The molecule has 0 aliphatic rings. The fraction of sp³-hybridized carbons (Fsp3) is 0.200. The average molecular weight is 187 g/mol. The molecule has 0 aliphatic heterocycles. The van der Waals surface area contributed by atoms with Gasteiger partial charge >= 0.3 is 0 Å². The monoisotopic (exact) mass is 187 g/mol. The van der Waals surface area contributed by atoms with Crippen molar-refractivity contribution in [3.8, 4) is 6.07 Å². The van der Waals surface area contributed by atoms with Gasteiger partial charge in [-0.25, -0.2) is 4.98 Å². The summed E-state index contributed by atoms with van der Waals surface area (Å²) in [4.78, 5) is 4.09. The van der Waals surface area contributed by atoms with Crippen molar-refractivity contribution in [2.24, 2.45) is 0 Å². The van der Waals surface area contributed by atoms with Crippen LogP contribution >= 0.6 is 0 Å². The Morgan fingerprint density at radius 2 is 2.43 bits per heavy atom. The Kier molecular flexibility index (Phi) is 2.17. The summed E-state index contributed by atoms with van der Waals surface area (Å²) < 4.78 is 1.85. The number of aromatic nitrogens is 2. The molecule has 0 amide bonds. The van der Waals surface area contributed by atoms with E-state index >= 15 is 0 Å². The van der Waals surface area contributed by atoms with Crippen LogP contribution in [0.5, 0.6) is 0 Å². The van der Waals surface area contributed by atoms with Gasteiger partial charge in [0.05, 0.1) is 18.6 Å². The SMILES string of the molecule is N#CCC(O)c1ccn2ccnc2c1. The first-order chi connectivity index (χ1) is 6.81. The van der Waals surface area contributed by atoms with Gasteiger partial charge in [0.1, 0.15) is 5.65 Å². The molecule has 2 aromatic rings. The molecule has 0 radical (unpaired) electrons. The van der Waals surface area contributed by atoms with E-state index in [1.807, 2.05) is 22.9 Å². The maximum atomic E-state index is 9.56. The fourth-order valence-electron chi connectivity index (χ4n) is 1.34. The van der Waals surface area contributed by atoms with Crippen LogP contribution in [0.1, 0.15) is 18.1 Å². The van der Waals surface area contributed by atoms with Crippen molar-refractivity contribution in [3.63, 3.8) is 0 Å². The van der Waals surface area contributed by atoms with Crippen molar-refractivity contribution >= 4 is 5.65 Å². The van der Waals surface area contributed by atoms with Gasteiger partial charge in [-0.1, -0.05) is 0 Å². The molecule has 2 heterocycles. The topological polar surface area (TPSA) is 61.3 Å². The molecule has 0 bridgehead atoms. The van der Waals surface area contributed by atoms with E-state index in [-0.39, 0.29) is 6.42 Å². The van der Waals surface area contributed by atoms with Crippen LogP contribution in [-0.2, 0) is 0 Å². The molecular weight excluding hydrogens is 178 g/mol. The Morgan fingerprint density at radius 3 is 3.21 bits per heavy atom. The molecular formula is C10H9N3O. The van der Waals surface area contributed by atoms with Crippen molar-refractivity contribution in [3.05, 3.63) is 36.3 Å². The molecule has 4 nitrogen and oxygen atoms in total. The predicted molar refractivity (Wildman–Crippen MR) is 50.4 cm³/mol. The van der Waals surface area contributed by atoms with Crippen LogP contribution in [0.2, 0.25) is 0 Å². The minimum Gasteiger partial charge on any atom is -0.387 e. The average Bonchev–Trinajstić information content (AvgIpc) is 2.64. The van der Waals surface area contributed by atoms with Crippen molar-refractivity contribution in [1.82, 2.24) is 9.38 Å². The van der Waals surface area contributed by atoms with Gasteiger partial charge in [-0.15, -0.1) is 0 Å². The third-order valence-corrected chi connectivity index (χ3v) is 2.09. The molecule has 1 atom stereocenters. The van der Waals surface area contributed by atoms with Gasteiger partial charge in [0, 0.05) is 18.6 Å². The van der Waals surface area contributed by atoms with Crippen LogP contribution in [-0.4, -0.2) is 14.5 Å². The number of rotatable bonds is 2. The highest BCUT2D eigenvalue weighted by Crippen LogP contribution is 2.16. The summed E-state index contributed by atoms with van der Waals surface area (Å²) in [6, 6.07) is 5.50. The minimum absolute atomic E-state index is 0.108. The molecule has 70 valence electrons. The van der Waals surface area contributed by atoms with Crippen LogP contribution < -0.4 is 0 Å². The summed E-state index contributed by atoms with van der Waals surface area (Å²) in [6.07, 6.45) is 4.72. The van der Waals surface area contributed by atoms with Gasteiger partial charge in [-0.3, -0.25) is 0 Å². The first kappa shape index (κ1) is 8.73. The molecule has 1 N–H and O–H groups in total. The molecule has 0 aliphatic carbocycles. The quantitative estimate of drug-likeness (QED) is 0.770. The van der Waals surface area contributed by atoms with Crippen molar-refractivity contribution in [1.29, 1.82) is 5.26 Å². The standard InChI is InChI=1S/C10H9N3O/c11-3-1-9(14)8-2-5-13-6-4-12-10(13)7-8/h2,4-7,9,14H,1H2. The summed E-state index contributed by atoms with van der Waals surface area (Å²) in [6.45, 7) is 0. The maximum Gasteiger partial charge on any atom is 0.136 e. The van der Waals surface area contributed by atoms with E-state index in [0.29, 0.717) is 0 Å². The molecule has 14 heavy (non-hydrogen) atoms. The van der Waals surface area contributed by atoms with Crippen LogP contribution in [0, 0.1) is 11.3 Å². The highest BCUT2D eigenvalue weighted by Gasteiger charge is 2.07. The van der Waals surface area contributed by atoms with Gasteiger partial charge < -0.3 is 9.51 Å². The molecule has 0 saturated heterocycles. The number of nitrogens with zero attached hydrogens (tertiary/aromatic N) is 3. The molecule has 0 saturated carbocycles. The Morgan fingerprint density at radius 1 is 1.57 bits per heavy atom. The predicted octanol–water partition coefficient (Wildman–Crippen LogP) is 1.28. The van der Waals surface area contributed by atoms with E-state index in [0.717, 1.165) is 11.2 Å². The third kappa shape index (κ3) is 1.45. The lowest BCUT2D eigenvalue weighted by molar-refractivity contribution is 0.183. The lowest BCUT2D eigenvalue weighted by Crippen LogP contribution is -1.97. The van der Waals surface area contributed by atoms with Crippen molar-refractivity contribution < 1.29 is 5.11 Å². The third-order valence-electron chi connectivity index (χ3n) is 2.09. The first-order valence-corrected chi connectivity index (χ1v) is 4.29. The largest absolute Gasteiger partial charge is 0.387 e. The summed E-state index contributed by atoms with van der Waals surface area (Å²) in [5.74, 6) is 0. The van der Waals surface area contributed by atoms with E-state index < -0.39 is 6.10 Å². The van der Waals surface area contributed by atoms with E-state index in [1.165, 1.54) is 0 Å². The molecule has 0 spiro atoms. The molecule has 0 aromatic carbocycles. The number of aliphatic hydroxyl groups is 1. The van der Waals surface area contributed by atoms with Crippen molar-refractivity contribution in [2.45, 2.75) is 12.5 Å². The zero-order valence-electron chi connectivity index (χ0n) is 7.46. The van der Waals surface area contributed by atoms with E-state index in [1.54, 1.807) is 18.3 Å². The smallest absolute Gasteiger partial charge is 0.136 e. The first-order valence-electron chi connectivity index (χ1n) is 4.29. The van der Waals surface area contributed by atoms with Crippen LogP contribution in [0.3, 0.4) is 0 Å². The Balaban J connectivity index is 2.39. The summed E-state index contributed by atoms with van der Waals surface area (Å²) in [5.41, 5.74) is 1.50. The minimum atomic E-state index is -0.721. The number of imidazole rings is 1. The van der Waals surface area contributed by atoms with Crippen LogP contribution in [0.15, 0.2) is 30.7 Å². The lowest BCUT2D eigenvalue weighted by atomic mass is 10.1. The summed E-state index contributed by atoms with van der Waals surface area (Å²) in [7, 11) is 0. The van der Waals surface area contributed by atoms with Crippen LogP contribution in [0.25, 0.3) is 5.65 Å². The number of aliphatic hydroxyl groups excluding tert-OH is 1. The Bertz CT molecular complexity index is 483. The second-order valence-corrected chi connectivity index (χ2v) is 3.03. The van der Waals surface area contributed by atoms with E-state index in [9.17, 15) is 5.11 Å². The zero-order valence-corrected chi connectivity index (χ0v) is 7.46. The number of nitriles is 1. The fourth-order valence-corrected chi connectivity index (χ4v) is 1.34. The van der Waals surface area contributed by atoms with E-state index in [4.69, 9.17) is 5.26 Å². The summed E-state index contributed by atoms with van der Waals surface area (Å²) >= 11 is 0. The maximum absolute atomic E-state index is 9.56. The Labute approximate surface area is 81.1 Å². The lowest BCUT2D eigenvalue weighted by Gasteiger charge is -2.06. The molecule has 1 unspecified atom stereocenters. The van der Waals surface area contributed by atoms with Gasteiger partial charge in [0.15, 0.2) is 0 Å². The second-order valence-electron chi connectivity index (χ2n) is 3.03. The molecule has 0 fully saturated rings. The van der Waals surface area contributed by atoms with Gasteiger partial charge in [-0.2, -0.15) is 5.26 Å². The van der Waals surface area contributed by atoms with Gasteiger partial charge in [0.2, 0.25) is 0 Å². The summed E-state index contributed by atoms with van der Waals surface area (Å²) in [5, 5.41) is 18.0. The van der Waals surface area contributed by atoms with E-state index in [2.05, 4.69) is 4.98 Å². The number of hydrogen-bond donors (Lipinski definition) is 1. The number of pyridine rings is 1. The molecule has 2 aromatic heterocycles. The van der Waals surface area contributed by atoms with Crippen molar-refractivity contribution in [2.75, 3.05) is 0 Å². The van der Waals surface area contributed by atoms with Gasteiger partial charge in [0.25, 0.3) is 0 Å². The Hall–Kier alpha value is -1.86. The van der Waals surface area contributed by atoms with Gasteiger partial charge in [-0.05, 0) is 17.7 Å². The molecule has 2 rings (SSSR count). The normalized spacial score (nSPS) is 12.6.